The maximum atomic E-state index is 13.3. The van der Waals surface area contributed by atoms with Crippen molar-refractivity contribution in [3.8, 4) is 0 Å². The third kappa shape index (κ3) is 5.25. The molecule has 0 aromatic heterocycles. The summed E-state index contributed by atoms with van der Waals surface area (Å²) < 4.78 is 23.3. The monoisotopic (exact) mass is 255 g/mol. The first-order valence-electron chi connectivity index (χ1n) is 5.85. The van der Waals surface area contributed by atoms with E-state index >= 15 is 0 Å². The summed E-state index contributed by atoms with van der Waals surface area (Å²) in [4.78, 5) is 11.6. The number of hydrogen-bond donors (Lipinski definition) is 1. The number of hydrogen-bond acceptors (Lipinski definition) is 3. The van der Waals surface area contributed by atoms with E-state index in [1.807, 2.05) is 0 Å². The van der Waals surface area contributed by atoms with Gasteiger partial charge in [0.05, 0.1) is 18.8 Å². The number of halogens is 1. The fourth-order valence-electron chi connectivity index (χ4n) is 1.36. The lowest BCUT2D eigenvalue weighted by molar-refractivity contribution is 0.0688. The van der Waals surface area contributed by atoms with E-state index in [1.165, 1.54) is 12.1 Å². The molecule has 4 nitrogen and oxygen atoms in total. The molecule has 1 rings (SSSR count). The molecule has 0 radical (unpaired) electrons. The van der Waals surface area contributed by atoms with E-state index in [1.54, 1.807) is 19.2 Å². The summed E-state index contributed by atoms with van der Waals surface area (Å²) in [5.74, 6) is -0.906. The fraction of sp³-hybridized carbons (Fsp3) is 0.462. The van der Waals surface area contributed by atoms with Crippen molar-refractivity contribution in [3.05, 3.63) is 35.6 Å². The van der Waals surface area contributed by atoms with Crippen molar-refractivity contribution in [1.82, 2.24) is 5.32 Å². The SMILES string of the molecule is COCCOCCCNC(=O)c1ccccc1F. The first-order chi connectivity index (χ1) is 8.75. The summed E-state index contributed by atoms with van der Waals surface area (Å²) in [5, 5.41) is 2.64. The lowest BCUT2D eigenvalue weighted by atomic mass is 10.2. The van der Waals surface area contributed by atoms with E-state index in [9.17, 15) is 9.18 Å². The highest BCUT2D eigenvalue weighted by molar-refractivity contribution is 5.94. The molecule has 0 aliphatic heterocycles. The quantitative estimate of drug-likeness (QED) is 0.718. The van der Waals surface area contributed by atoms with Crippen LogP contribution in [-0.4, -0.2) is 39.4 Å². The van der Waals surface area contributed by atoms with Crippen molar-refractivity contribution in [2.45, 2.75) is 6.42 Å². The molecule has 0 fully saturated rings. The van der Waals surface area contributed by atoms with Crippen molar-refractivity contribution in [1.29, 1.82) is 0 Å². The van der Waals surface area contributed by atoms with Crippen LogP contribution in [0.15, 0.2) is 24.3 Å². The molecule has 0 bridgehead atoms. The largest absolute Gasteiger partial charge is 0.382 e. The second-order valence-corrected chi connectivity index (χ2v) is 3.69. The van der Waals surface area contributed by atoms with E-state index in [4.69, 9.17) is 9.47 Å². The van der Waals surface area contributed by atoms with Crippen LogP contribution < -0.4 is 5.32 Å². The molecule has 0 unspecified atom stereocenters. The molecule has 0 heterocycles. The smallest absolute Gasteiger partial charge is 0.254 e. The lowest BCUT2D eigenvalue weighted by Gasteiger charge is -2.06. The van der Waals surface area contributed by atoms with Gasteiger partial charge in [-0.2, -0.15) is 0 Å². The molecular weight excluding hydrogens is 237 g/mol. The van der Waals surface area contributed by atoms with Crippen molar-refractivity contribution in [2.75, 3.05) is 33.5 Å². The zero-order valence-electron chi connectivity index (χ0n) is 10.4. The molecule has 18 heavy (non-hydrogen) atoms. The van der Waals surface area contributed by atoms with Crippen LogP contribution in [0.1, 0.15) is 16.8 Å². The molecule has 5 heteroatoms. The van der Waals surface area contributed by atoms with E-state index in [-0.39, 0.29) is 5.56 Å². The van der Waals surface area contributed by atoms with Gasteiger partial charge in [-0.1, -0.05) is 12.1 Å². The van der Waals surface area contributed by atoms with Crippen LogP contribution in [-0.2, 0) is 9.47 Å². The number of carbonyl (C=O) groups excluding carboxylic acids is 1. The average molecular weight is 255 g/mol. The summed E-state index contributed by atoms with van der Waals surface area (Å²) in [6.07, 6.45) is 0.684. The van der Waals surface area contributed by atoms with Crippen LogP contribution >= 0.6 is 0 Å². The van der Waals surface area contributed by atoms with Gasteiger partial charge in [0.2, 0.25) is 0 Å². The average Bonchev–Trinajstić information content (AvgIpc) is 2.38. The second kappa shape index (κ2) is 8.60. The van der Waals surface area contributed by atoms with Crippen molar-refractivity contribution in [2.24, 2.45) is 0 Å². The van der Waals surface area contributed by atoms with E-state index < -0.39 is 11.7 Å². The molecular formula is C13H18FNO3. The zero-order valence-corrected chi connectivity index (χ0v) is 10.4. The van der Waals surface area contributed by atoms with Crippen molar-refractivity contribution < 1.29 is 18.7 Å². The van der Waals surface area contributed by atoms with Crippen molar-refractivity contribution in [3.63, 3.8) is 0 Å². The van der Waals surface area contributed by atoms with Gasteiger partial charge in [0.15, 0.2) is 0 Å². The summed E-state index contributed by atoms with van der Waals surface area (Å²) in [5.41, 5.74) is 0.0674. The second-order valence-electron chi connectivity index (χ2n) is 3.69. The molecule has 1 N–H and O–H groups in total. The van der Waals surface area contributed by atoms with Gasteiger partial charge < -0.3 is 14.8 Å². The molecule has 0 aliphatic carbocycles. The van der Waals surface area contributed by atoms with Gasteiger partial charge in [-0.05, 0) is 18.6 Å². The summed E-state index contributed by atoms with van der Waals surface area (Å²) in [6, 6.07) is 5.91. The Labute approximate surface area is 106 Å². The number of methoxy groups -OCH3 is 1. The normalized spacial score (nSPS) is 10.3. The Morgan fingerprint density at radius 2 is 2.06 bits per heavy atom. The first-order valence-corrected chi connectivity index (χ1v) is 5.85. The van der Waals surface area contributed by atoms with E-state index in [0.717, 1.165) is 0 Å². The predicted octanol–water partition coefficient (Wildman–Crippen LogP) is 1.61. The Hall–Kier alpha value is -1.46. The van der Waals surface area contributed by atoms with E-state index in [2.05, 4.69) is 5.32 Å². The number of ether oxygens (including phenoxy) is 2. The maximum absolute atomic E-state index is 13.3. The minimum Gasteiger partial charge on any atom is -0.382 e. The third-order valence-electron chi connectivity index (χ3n) is 2.30. The number of benzene rings is 1. The van der Waals surface area contributed by atoms with Crippen LogP contribution in [0.2, 0.25) is 0 Å². The molecule has 1 amide bonds. The van der Waals surface area contributed by atoms with Crippen molar-refractivity contribution >= 4 is 5.91 Å². The third-order valence-corrected chi connectivity index (χ3v) is 2.30. The first kappa shape index (κ1) is 14.6. The fourth-order valence-corrected chi connectivity index (χ4v) is 1.36. The van der Waals surface area contributed by atoms with Gasteiger partial charge in [-0.25, -0.2) is 4.39 Å². The standard InChI is InChI=1S/C13H18FNO3/c1-17-9-10-18-8-4-7-15-13(16)11-5-2-3-6-12(11)14/h2-3,5-6H,4,7-10H2,1H3,(H,15,16). The van der Waals surface area contributed by atoms with Crippen LogP contribution in [0.3, 0.4) is 0 Å². The van der Waals surface area contributed by atoms with Crippen LogP contribution in [0, 0.1) is 5.82 Å². The van der Waals surface area contributed by atoms with Gasteiger partial charge in [-0.15, -0.1) is 0 Å². The minimum absolute atomic E-state index is 0.0674. The molecule has 0 saturated heterocycles. The van der Waals surface area contributed by atoms with Crippen LogP contribution in [0.4, 0.5) is 4.39 Å². The number of rotatable bonds is 8. The molecule has 0 aliphatic rings. The maximum Gasteiger partial charge on any atom is 0.254 e. The topological polar surface area (TPSA) is 47.6 Å². The highest BCUT2D eigenvalue weighted by Crippen LogP contribution is 2.05. The Balaban J connectivity index is 2.16. The molecule has 1 aromatic carbocycles. The summed E-state index contributed by atoms with van der Waals surface area (Å²) >= 11 is 0. The molecule has 1 aromatic rings. The zero-order chi connectivity index (χ0) is 13.2. The summed E-state index contributed by atoms with van der Waals surface area (Å²) in [6.45, 7) is 2.10. The summed E-state index contributed by atoms with van der Waals surface area (Å²) in [7, 11) is 1.61. The molecule has 100 valence electrons. The number of carbonyl (C=O) groups is 1. The van der Waals surface area contributed by atoms with E-state index in [0.29, 0.717) is 32.8 Å². The highest BCUT2D eigenvalue weighted by Gasteiger charge is 2.09. The van der Waals surface area contributed by atoms with Gasteiger partial charge in [-0.3, -0.25) is 4.79 Å². The molecule has 0 saturated carbocycles. The van der Waals surface area contributed by atoms with Gasteiger partial charge in [0, 0.05) is 20.3 Å². The predicted molar refractivity (Wildman–Crippen MR) is 66.0 cm³/mol. The lowest BCUT2D eigenvalue weighted by Crippen LogP contribution is -2.26. The Morgan fingerprint density at radius 3 is 2.78 bits per heavy atom. The number of amides is 1. The van der Waals surface area contributed by atoms with Crippen LogP contribution in [0.5, 0.6) is 0 Å². The van der Waals surface area contributed by atoms with Gasteiger partial charge in [0.25, 0.3) is 5.91 Å². The van der Waals surface area contributed by atoms with Crippen LogP contribution in [0.25, 0.3) is 0 Å². The Bertz CT molecular complexity index is 371. The number of nitrogens with one attached hydrogen (secondary N) is 1. The van der Waals surface area contributed by atoms with Gasteiger partial charge in [0.1, 0.15) is 5.82 Å². The molecule has 0 spiro atoms. The Kier molecular flexibility index (Phi) is 6.98. The molecule has 0 atom stereocenters. The minimum atomic E-state index is -0.508. The highest BCUT2D eigenvalue weighted by atomic mass is 19.1. The Morgan fingerprint density at radius 1 is 1.28 bits per heavy atom. The van der Waals surface area contributed by atoms with Gasteiger partial charge >= 0.3 is 0 Å².